The van der Waals surface area contributed by atoms with E-state index in [9.17, 15) is 8.78 Å². The molecule has 88 valence electrons. The Bertz CT molecular complexity index is 377. The summed E-state index contributed by atoms with van der Waals surface area (Å²) in [6, 6.07) is 2.56. The van der Waals surface area contributed by atoms with E-state index in [1.807, 2.05) is 0 Å². The molecule has 1 aromatic carbocycles. The summed E-state index contributed by atoms with van der Waals surface area (Å²) in [5, 5.41) is 0. The first-order valence-electron chi connectivity index (χ1n) is 5.47. The third-order valence-corrected chi connectivity index (χ3v) is 3.71. The van der Waals surface area contributed by atoms with Crippen molar-refractivity contribution < 1.29 is 8.78 Å². The second-order valence-electron chi connectivity index (χ2n) is 4.46. The van der Waals surface area contributed by atoms with E-state index >= 15 is 0 Å². The van der Waals surface area contributed by atoms with Crippen LogP contribution in [0.25, 0.3) is 0 Å². The van der Waals surface area contributed by atoms with Crippen LogP contribution in [-0.2, 0) is 5.54 Å². The topological polar surface area (TPSA) is 26.0 Å². The maximum absolute atomic E-state index is 13.8. The fourth-order valence-electron chi connectivity index (χ4n) is 2.45. The molecule has 0 saturated heterocycles. The highest BCUT2D eigenvalue weighted by molar-refractivity contribution is 9.10. The van der Waals surface area contributed by atoms with Gasteiger partial charge in [-0.15, -0.1) is 0 Å². The first kappa shape index (κ1) is 12.0. The van der Waals surface area contributed by atoms with Crippen LogP contribution in [-0.4, -0.2) is 0 Å². The minimum atomic E-state index is -0.826. The van der Waals surface area contributed by atoms with Crippen molar-refractivity contribution in [2.75, 3.05) is 0 Å². The van der Waals surface area contributed by atoms with E-state index in [1.165, 1.54) is 12.1 Å². The molecule has 4 heteroatoms. The molecule has 0 unspecified atom stereocenters. The van der Waals surface area contributed by atoms with E-state index in [4.69, 9.17) is 5.73 Å². The Morgan fingerprint density at radius 2 is 1.56 bits per heavy atom. The molecule has 0 aliphatic heterocycles. The van der Waals surface area contributed by atoms with Crippen LogP contribution in [0.15, 0.2) is 16.6 Å². The van der Waals surface area contributed by atoms with Gasteiger partial charge in [0.25, 0.3) is 0 Å². The van der Waals surface area contributed by atoms with E-state index in [0.717, 1.165) is 19.3 Å². The van der Waals surface area contributed by atoms with Gasteiger partial charge in [0.05, 0.1) is 0 Å². The number of rotatable bonds is 1. The van der Waals surface area contributed by atoms with Crippen LogP contribution in [0.5, 0.6) is 0 Å². The van der Waals surface area contributed by atoms with Gasteiger partial charge in [-0.1, -0.05) is 35.2 Å². The van der Waals surface area contributed by atoms with Gasteiger partial charge in [0.1, 0.15) is 11.6 Å². The maximum Gasteiger partial charge on any atom is 0.132 e. The van der Waals surface area contributed by atoms with Gasteiger partial charge in [-0.2, -0.15) is 0 Å². The highest BCUT2D eigenvalue weighted by Crippen LogP contribution is 2.38. The lowest BCUT2D eigenvalue weighted by molar-refractivity contribution is 0.282. The second-order valence-corrected chi connectivity index (χ2v) is 5.38. The summed E-state index contributed by atoms with van der Waals surface area (Å²) in [5.74, 6) is -1.09. The standard InChI is InChI=1S/C12H14BrF2N/c13-8-6-9(14)11(10(15)7-8)12(16)4-2-1-3-5-12/h6-7H,1-5,16H2. The Kier molecular flexibility index (Phi) is 3.31. The van der Waals surface area contributed by atoms with Crippen LogP contribution in [0.1, 0.15) is 37.7 Å². The molecule has 1 saturated carbocycles. The predicted molar refractivity (Wildman–Crippen MR) is 63.0 cm³/mol. The lowest BCUT2D eigenvalue weighted by Gasteiger charge is -2.34. The zero-order valence-electron chi connectivity index (χ0n) is 8.90. The normalized spacial score (nSPS) is 19.8. The van der Waals surface area contributed by atoms with Crippen LogP contribution in [0.4, 0.5) is 8.78 Å². The molecular formula is C12H14BrF2N. The van der Waals surface area contributed by atoms with Crippen molar-refractivity contribution in [3.63, 3.8) is 0 Å². The van der Waals surface area contributed by atoms with E-state index in [-0.39, 0.29) is 5.56 Å². The van der Waals surface area contributed by atoms with Crippen molar-refractivity contribution in [3.05, 3.63) is 33.8 Å². The minimum Gasteiger partial charge on any atom is -0.321 e. The van der Waals surface area contributed by atoms with Crippen LogP contribution in [0, 0.1) is 11.6 Å². The molecule has 0 atom stereocenters. The summed E-state index contributed by atoms with van der Waals surface area (Å²) in [7, 11) is 0. The quantitative estimate of drug-likeness (QED) is 0.835. The molecule has 0 aromatic heterocycles. The number of hydrogen-bond acceptors (Lipinski definition) is 1. The SMILES string of the molecule is NC1(c2c(F)cc(Br)cc2F)CCCCC1. The first-order valence-corrected chi connectivity index (χ1v) is 6.26. The summed E-state index contributed by atoms with van der Waals surface area (Å²) >= 11 is 3.07. The molecule has 0 radical (unpaired) electrons. The summed E-state index contributed by atoms with van der Waals surface area (Å²) in [5.41, 5.74) is 5.36. The number of benzene rings is 1. The molecule has 0 heterocycles. The van der Waals surface area contributed by atoms with Gasteiger partial charge in [-0.3, -0.25) is 0 Å². The zero-order chi connectivity index (χ0) is 11.8. The van der Waals surface area contributed by atoms with Crippen LogP contribution < -0.4 is 5.73 Å². The van der Waals surface area contributed by atoms with Crippen molar-refractivity contribution in [2.45, 2.75) is 37.6 Å². The molecular weight excluding hydrogens is 276 g/mol. The Balaban J connectivity index is 2.46. The van der Waals surface area contributed by atoms with Crippen molar-refractivity contribution >= 4 is 15.9 Å². The lowest BCUT2D eigenvalue weighted by Crippen LogP contribution is -2.40. The van der Waals surface area contributed by atoms with E-state index in [0.29, 0.717) is 17.3 Å². The van der Waals surface area contributed by atoms with Gasteiger partial charge in [-0.05, 0) is 25.0 Å². The summed E-state index contributed by atoms with van der Waals surface area (Å²) in [4.78, 5) is 0. The molecule has 0 bridgehead atoms. The van der Waals surface area contributed by atoms with Crippen LogP contribution >= 0.6 is 15.9 Å². The smallest absolute Gasteiger partial charge is 0.132 e. The average Bonchev–Trinajstić information content (AvgIpc) is 2.16. The average molecular weight is 290 g/mol. The molecule has 1 aliphatic carbocycles. The van der Waals surface area contributed by atoms with Crippen molar-refractivity contribution in [3.8, 4) is 0 Å². The van der Waals surface area contributed by atoms with E-state index < -0.39 is 17.2 Å². The summed E-state index contributed by atoms with van der Waals surface area (Å²) in [6.45, 7) is 0. The zero-order valence-corrected chi connectivity index (χ0v) is 10.5. The molecule has 2 rings (SSSR count). The Morgan fingerprint density at radius 1 is 1.06 bits per heavy atom. The molecule has 0 spiro atoms. The Morgan fingerprint density at radius 3 is 2.06 bits per heavy atom. The highest BCUT2D eigenvalue weighted by atomic mass is 79.9. The van der Waals surface area contributed by atoms with Gasteiger partial charge in [0, 0.05) is 15.6 Å². The van der Waals surface area contributed by atoms with Gasteiger partial charge >= 0.3 is 0 Å². The minimum absolute atomic E-state index is 0.0513. The van der Waals surface area contributed by atoms with Gasteiger partial charge in [0.15, 0.2) is 0 Å². The monoisotopic (exact) mass is 289 g/mol. The number of hydrogen-bond donors (Lipinski definition) is 1. The molecule has 2 N–H and O–H groups in total. The fraction of sp³-hybridized carbons (Fsp3) is 0.500. The van der Waals surface area contributed by atoms with Crippen LogP contribution in [0.2, 0.25) is 0 Å². The summed E-state index contributed by atoms with van der Waals surface area (Å²) in [6.07, 6.45) is 4.28. The molecule has 1 aliphatic rings. The second kappa shape index (κ2) is 4.41. The molecule has 16 heavy (non-hydrogen) atoms. The fourth-order valence-corrected chi connectivity index (χ4v) is 2.85. The Hall–Kier alpha value is -0.480. The largest absolute Gasteiger partial charge is 0.321 e. The molecule has 1 aromatic rings. The van der Waals surface area contributed by atoms with Gasteiger partial charge in [0.2, 0.25) is 0 Å². The van der Waals surface area contributed by atoms with Crippen molar-refractivity contribution in [2.24, 2.45) is 5.73 Å². The first-order chi connectivity index (χ1) is 7.53. The van der Waals surface area contributed by atoms with Crippen molar-refractivity contribution in [1.82, 2.24) is 0 Å². The molecule has 1 fully saturated rings. The van der Waals surface area contributed by atoms with E-state index in [2.05, 4.69) is 15.9 Å². The van der Waals surface area contributed by atoms with Gasteiger partial charge in [-0.25, -0.2) is 8.78 Å². The number of halogens is 3. The third-order valence-electron chi connectivity index (χ3n) is 3.25. The molecule has 0 amide bonds. The number of nitrogens with two attached hydrogens (primary N) is 1. The van der Waals surface area contributed by atoms with E-state index in [1.54, 1.807) is 0 Å². The Labute approximate surface area is 102 Å². The van der Waals surface area contributed by atoms with Crippen molar-refractivity contribution in [1.29, 1.82) is 0 Å². The highest BCUT2D eigenvalue weighted by Gasteiger charge is 2.34. The maximum atomic E-state index is 13.8. The van der Waals surface area contributed by atoms with Crippen LogP contribution in [0.3, 0.4) is 0 Å². The molecule has 1 nitrogen and oxygen atoms in total. The predicted octanol–water partition coefficient (Wildman–Crippen LogP) is 3.85. The summed E-state index contributed by atoms with van der Waals surface area (Å²) < 4.78 is 28.0. The van der Waals surface area contributed by atoms with Gasteiger partial charge < -0.3 is 5.73 Å². The lowest BCUT2D eigenvalue weighted by atomic mass is 9.77. The third kappa shape index (κ3) is 2.13.